The van der Waals surface area contributed by atoms with Crippen LogP contribution in [0.5, 0.6) is 0 Å². The van der Waals surface area contributed by atoms with Crippen molar-refractivity contribution in [2.45, 2.75) is 25.3 Å². The van der Waals surface area contributed by atoms with Crippen LogP contribution >= 0.6 is 11.3 Å². The molecule has 1 aliphatic rings. The number of halogens is 2. The smallest absolute Gasteiger partial charge is 0.262 e. The number of aryl methyl sites for hydroxylation is 2. The predicted molar refractivity (Wildman–Crippen MR) is 87.0 cm³/mol. The summed E-state index contributed by atoms with van der Waals surface area (Å²) in [6.07, 6.45) is 3.02. The lowest BCUT2D eigenvalue weighted by atomic mass is 10.1. The minimum atomic E-state index is -1.09. The maximum absolute atomic E-state index is 13.5. The number of hydrogen-bond acceptors (Lipinski definition) is 3. The van der Waals surface area contributed by atoms with Crippen molar-refractivity contribution < 1.29 is 18.4 Å². The van der Waals surface area contributed by atoms with E-state index in [0.29, 0.717) is 4.88 Å². The van der Waals surface area contributed by atoms with Gasteiger partial charge in [-0.15, -0.1) is 11.3 Å². The van der Waals surface area contributed by atoms with Crippen molar-refractivity contribution in [2.24, 2.45) is 0 Å². The van der Waals surface area contributed by atoms with Crippen molar-refractivity contribution in [1.82, 2.24) is 10.6 Å². The molecule has 1 heterocycles. The van der Waals surface area contributed by atoms with Crippen LogP contribution in [0.25, 0.3) is 0 Å². The van der Waals surface area contributed by atoms with Crippen LogP contribution in [0.1, 0.15) is 38.1 Å². The van der Waals surface area contributed by atoms with Crippen LogP contribution in [-0.4, -0.2) is 18.9 Å². The zero-order valence-corrected chi connectivity index (χ0v) is 13.8. The molecule has 2 amide bonds. The molecule has 0 fully saturated rings. The topological polar surface area (TPSA) is 58.2 Å². The Labute approximate surface area is 141 Å². The summed E-state index contributed by atoms with van der Waals surface area (Å²) >= 11 is 1.41. The standard InChI is InChI=1S/C17H16F2N2O2S/c1-20-17(23)15(10-5-6-11(18)12(19)7-10)21-16(22)14-8-9-3-2-4-13(9)24-14/h5-8,15H,2-4H2,1H3,(H,20,23)(H,21,22). The Kier molecular flexibility index (Phi) is 4.62. The summed E-state index contributed by atoms with van der Waals surface area (Å²) in [5.41, 5.74) is 1.36. The van der Waals surface area contributed by atoms with Crippen LogP contribution in [0.3, 0.4) is 0 Å². The first kappa shape index (κ1) is 16.6. The molecule has 1 unspecified atom stereocenters. The number of amides is 2. The van der Waals surface area contributed by atoms with E-state index in [1.807, 2.05) is 6.07 Å². The number of benzene rings is 1. The third kappa shape index (κ3) is 3.17. The molecule has 0 saturated carbocycles. The number of thiophene rings is 1. The Bertz CT molecular complexity index is 782. The van der Waals surface area contributed by atoms with Gasteiger partial charge in [-0.05, 0) is 48.6 Å². The number of likely N-dealkylation sites (N-methyl/N-ethyl adjacent to an activating group) is 1. The third-order valence-electron chi connectivity index (χ3n) is 4.03. The first-order valence-electron chi connectivity index (χ1n) is 7.58. The van der Waals surface area contributed by atoms with Crippen molar-refractivity contribution in [3.63, 3.8) is 0 Å². The number of hydrogen-bond donors (Lipinski definition) is 2. The highest BCUT2D eigenvalue weighted by Crippen LogP contribution is 2.31. The molecule has 1 aromatic heterocycles. The minimum Gasteiger partial charge on any atom is -0.357 e. The normalized spacial score (nSPS) is 14.1. The molecule has 2 aromatic rings. The van der Waals surface area contributed by atoms with Gasteiger partial charge in [0.05, 0.1) is 4.88 Å². The molecule has 1 aliphatic carbocycles. The average molecular weight is 350 g/mol. The maximum atomic E-state index is 13.5. The predicted octanol–water partition coefficient (Wildman–Crippen LogP) is 2.73. The maximum Gasteiger partial charge on any atom is 0.262 e. The van der Waals surface area contributed by atoms with E-state index in [1.165, 1.54) is 34.9 Å². The van der Waals surface area contributed by atoms with E-state index >= 15 is 0 Å². The van der Waals surface area contributed by atoms with Crippen molar-refractivity contribution in [2.75, 3.05) is 7.05 Å². The molecule has 0 spiro atoms. The van der Waals surface area contributed by atoms with E-state index in [-0.39, 0.29) is 5.56 Å². The van der Waals surface area contributed by atoms with Gasteiger partial charge in [-0.1, -0.05) is 6.07 Å². The lowest BCUT2D eigenvalue weighted by Gasteiger charge is -2.17. The van der Waals surface area contributed by atoms with Gasteiger partial charge in [-0.3, -0.25) is 9.59 Å². The lowest BCUT2D eigenvalue weighted by molar-refractivity contribution is -0.122. The van der Waals surface area contributed by atoms with E-state index < -0.39 is 29.5 Å². The first-order valence-corrected chi connectivity index (χ1v) is 8.40. The van der Waals surface area contributed by atoms with Crippen LogP contribution in [0, 0.1) is 11.6 Å². The van der Waals surface area contributed by atoms with E-state index in [1.54, 1.807) is 0 Å². The zero-order chi connectivity index (χ0) is 17.3. The van der Waals surface area contributed by atoms with Gasteiger partial charge >= 0.3 is 0 Å². The van der Waals surface area contributed by atoms with Crippen molar-refractivity contribution in [3.05, 3.63) is 56.8 Å². The largest absolute Gasteiger partial charge is 0.357 e. The highest BCUT2D eigenvalue weighted by molar-refractivity contribution is 7.14. The van der Waals surface area contributed by atoms with Gasteiger partial charge in [0.25, 0.3) is 5.91 Å². The third-order valence-corrected chi connectivity index (χ3v) is 5.27. The highest BCUT2D eigenvalue weighted by Gasteiger charge is 2.25. The Morgan fingerprint density at radius 3 is 2.62 bits per heavy atom. The molecule has 1 atom stereocenters. The zero-order valence-electron chi connectivity index (χ0n) is 13.0. The molecule has 0 bridgehead atoms. The second-order valence-corrected chi connectivity index (χ2v) is 6.74. The summed E-state index contributed by atoms with van der Waals surface area (Å²) in [5.74, 6) is -2.97. The molecular formula is C17H16F2N2O2S. The van der Waals surface area contributed by atoms with Crippen LogP contribution in [0.15, 0.2) is 24.3 Å². The second kappa shape index (κ2) is 6.68. The summed E-state index contributed by atoms with van der Waals surface area (Å²) < 4.78 is 26.6. The Balaban J connectivity index is 1.84. The van der Waals surface area contributed by atoms with Gasteiger partial charge in [0, 0.05) is 11.9 Å². The van der Waals surface area contributed by atoms with Gasteiger partial charge in [-0.2, -0.15) is 0 Å². The highest BCUT2D eigenvalue weighted by atomic mass is 32.1. The second-order valence-electron chi connectivity index (χ2n) is 5.61. The quantitative estimate of drug-likeness (QED) is 0.891. The van der Waals surface area contributed by atoms with Gasteiger partial charge < -0.3 is 10.6 Å². The molecule has 0 saturated heterocycles. The molecule has 3 rings (SSSR count). The average Bonchev–Trinajstić information content (AvgIpc) is 3.16. The Hall–Kier alpha value is -2.28. The van der Waals surface area contributed by atoms with Crippen molar-refractivity contribution in [3.8, 4) is 0 Å². The number of carbonyl (C=O) groups excluding carboxylic acids is 2. The Morgan fingerprint density at radius 2 is 1.96 bits per heavy atom. The van der Waals surface area contributed by atoms with Gasteiger partial charge in [0.1, 0.15) is 6.04 Å². The van der Waals surface area contributed by atoms with E-state index in [9.17, 15) is 18.4 Å². The van der Waals surface area contributed by atoms with Crippen LogP contribution in [-0.2, 0) is 17.6 Å². The summed E-state index contributed by atoms with van der Waals surface area (Å²) in [6, 6.07) is 3.90. The number of nitrogens with one attached hydrogen (secondary N) is 2. The van der Waals surface area contributed by atoms with E-state index in [0.717, 1.165) is 31.4 Å². The SMILES string of the molecule is CNC(=O)C(NC(=O)c1cc2c(s1)CCC2)c1ccc(F)c(F)c1. The van der Waals surface area contributed by atoms with Crippen molar-refractivity contribution >= 4 is 23.2 Å². The molecule has 4 nitrogen and oxygen atoms in total. The summed E-state index contributed by atoms with van der Waals surface area (Å²) in [6.45, 7) is 0. The van der Waals surface area contributed by atoms with Gasteiger partial charge in [-0.25, -0.2) is 8.78 Å². The van der Waals surface area contributed by atoms with Crippen molar-refractivity contribution in [1.29, 1.82) is 0 Å². The molecule has 7 heteroatoms. The molecule has 0 aliphatic heterocycles. The summed E-state index contributed by atoms with van der Waals surface area (Å²) in [7, 11) is 1.42. The molecule has 1 aromatic carbocycles. The Morgan fingerprint density at radius 1 is 1.17 bits per heavy atom. The molecule has 2 N–H and O–H groups in total. The molecule has 24 heavy (non-hydrogen) atoms. The van der Waals surface area contributed by atoms with E-state index in [2.05, 4.69) is 10.6 Å². The molecular weight excluding hydrogens is 334 g/mol. The van der Waals surface area contributed by atoms with Gasteiger partial charge in [0.2, 0.25) is 5.91 Å². The molecule has 0 radical (unpaired) electrons. The number of carbonyl (C=O) groups is 2. The van der Waals surface area contributed by atoms with Gasteiger partial charge in [0.15, 0.2) is 11.6 Å². The summed E-state index contributed by atoms with van der Waals surface area (Å²) in [5, 5.41) is 5.03. The minimum absolute atomic E-state index is 0.186. The van der Waals surface area contributed by atoms with Crippen LogP contribution in [0.4, 0.5) is 8.78 Å². The monoisotopic (exact) mass is 350 g/mol. The van der Waals surface area contributed by atoms with Crippen LogP contribution in [0.2, 0.25) is 0 Å². The molecule has 126 valence electrons. The first-order chi connectivity index (χ1) is 11.5. The number of fused-ring (bicyclic) bond motifs is 1. The fourth-order valence-electron chi connectivity index (χ4n) is 2.78. The lowest BCUT2D eigenvalue weighted by Crippen LogP contribution is -2.38. The summed E-state index contributed by atoms with van der Waals surface area (Å²) in [4.78, 5) is 26.3. The fourth-order valence-corrected chi connectivity index (χ4v) is 3.94. The van der Waals surface area contributed by atoms with E-state index in [4.69, 9.17) is 0 Å². The van der Waals surface area contributed by atoms with Crippen LogP contribution < -0.4 is 10.6 Å². The fraction of sp³-hybridized carbons (Fsp3) is 0.294. The number of rotatable bonds is 4.